The van der Waals surface area contributed by atoms with E-state index in [2.05, 4.69) is 22.9 Å². The summed E-state index contributed by atoms with van der Waals surface area (Å²) in [6.45, 7) is 4.07. The molecule has 25 heavy (non-hydrogen) atoms. The Hall–Kier alpha value is -0.750. The standard InChI is InChI=1S/C17H24Cl3N3OS/c1-3-4-5-6-11-14(24)22-15(17(18,19)20)23-16(25)21-13-10-8-7-9-12(13)2/h7-10,15H,3-6,11H2,1-2H3,(H,22,24)(H2,21,23,25)/t15-/m1/s1. The molecule has 0 aromatic heterocycles. The number of alkyl halides is 3. The summed E-state index contributed by atoms with van der Waals surface area (Å²) in [5.41, 5.74) is 1.87. The summed E-state index contributed by atoms with van der Waals surface area (Å²) in [6, 6.07) is 7.66. The lowest BCUT2D eigenvalue weighted by molar-refractivity contribution is -0.122. The van der Waals surface area contributed by atoms with Crippen molar-refractivity contribution in [1.29, 1.82) is 0 Å². The van der Waals surface area contributed by atoms with E-state index in [0.717, 1.165) is 36.9 Å². The summed E-state index contributed by atoms with van der Waals surface area (Å²) in [5.74, 6) is -0.182. The highest BCUT2D eigenvalue weighted by Gasteiger charge is 2.34. The molecule has 0 saturated carbocycles. The highest BCUT2D eigenvalue weighted by atomic mass is 35.6. The van der Waals surface area contributed by atoms with Gasteiger partial charge in [-0.15, -0.1) is 0 Å². The number of aryl methyl sites for hydroxylation is 1. The maximum absolute atomic E-state index is 12.1. The van der Waals surface area contributed by atoms with Gasteiger partial charge in [0.15, 0.2) is 5.11 Å². The fourth-order valence-corrected chi connectivity index (χ4v) is 2.70. The largest absolute Gasteiger partial charge is 0.339 e. The molecule has 0 heterocycles. The van der Waals surface area contributed by atoms with E-state index in [-0.39, 0.29) is 11.0 Å². The number of amides is 1. The second-order valence-electron chi connectivity index (χ2n) is 5.77. The first-order valence-corrected chi connectivity index (χ1v) is 9.77. The number of hydrogen-bond donors (Lipinski definition) is 3. The van der Waals surface area contributed by atoms with Gasteiger partial charge in [0.25, 0.3) is 0 Å². The minimum atomic E-state index is -1.74. The Morgan fingerprint density at radius 1 is 1.16 bits per heavy atom. The Morgan fingerprint density at radius 2 is 1.84 bits per heavy atom. The number of halogens is 3. The number of rotatable bonds is 8. The van der Waals surface area contributed by atoms with Crippen molar-refractivity contribution in [3.63, 3.8) is 0 Å². The van der Waals surface area contributed by atoms with Crippen LogP contribution in [0.3, 0.4) is 0 Å². The van der Waals surface area contributed by atoms with E-state index in [4.69, 9.17) is 47.0 Å². The number of thiocarbonyl (C=S) groups is 1. The second-order valence-corrected chi connectivity index (χ2v) is 8.54. The van der Waals surface area contributed by atoms with E-state index >= 15 is 0 Å². The van der Waals surface area contributed by atoms with Gasteiger partial charge in [-0.25, -0.2) is 0 Å². The molecule has 1 aromatic rings. The molecule has 0 spiro atoms. The second kappa shape index (κ2) is 11.1. The Morgan fingerprint density at radius 3 is 2.44 bits per heavy atom. The summed E-state index contributed by atoms with van der Waals surface area (Å²) in [5, 5.41) is 8.85. The number of anilines is 1. The third kappa shape index (κ3) is 8.95. The molecule has 0 fully saturated rings. The topological polar surface area (TPSA) is 53.2 Å². The Balaban J connectivity index is 2.59. The van der Waals surface area contributed by atoms with Crippen LogP contribution in [0.15, 0.2) is 24.3 Å². The van der Waals surface area contributed by atoms with Crippen LogP contribution >= 0.6 is 47.0 Å². The highest BCUT2D eigenvalue weighted by Crippen LogP contribution is 2.29. The van der Waals surface area contributed by atoms with Gasteiger partial charge in [0, 0.05) is 12.1 Å². The average molecular weight is 425 g/mol. The Labute approximate surface area is 170 Å². The van der Waals surface area contributed by atoms with E-state index in [1.807, 2.05) is 31.2 Å². The molecule has 1 atom stereocenters. The first-order chi connectivity index (χ1) is 11.7. The molecule has 0 aliphatic carbocycles. The molecule has 3 N–H and O–H groups in total. The van der Waals surface area contributed by atoms with Gasteiger partial charge in [0.2, 0.25) is 9.70 Å². The van der Waals surface area contributed by atoms with Crippen LogP contribution < -0.4 is 16.0 Å². The lowest BCUT2D eigenvalue weighted by atomic mass is 10.1. The van der Waals surface area contributed by atoms with Crippen LogP contribution in [-0.2, 0) is 4.79 Å². The minimum absolute atomic E-state index is 0.182. The number of hydrogen-bond acceptors (Lipinski definition) is 2. The molecule has 0 aliphatic heterocycles. The van der Waals surface area contributed by atoms with Crippen LogP contribution in [-0.4, -0.2) is 21.0 Å². The van der Waals surface area contributed by atoms with Crippen molar-refractivity contribution in [2.45, 2.75) is 55.9 Å². The molecule has 1 rings (SSSR count). The first kappa shape index (κ1) is 22.3. The summed E-state index contributed by atoms with van der Waals surface area (Å²) in [6.07, 6.45) is 3.47. The van der Waals surface area contributed by atoms with E-state index in [9.17, 15) is 4.79 Å². The Kier molecular flexibility index (Phi) is 9.87. The van der Waals surface area contributed by atoms with Gasteiger partial charge in [0.1, 0.15) is 6.17 Å². The number of nitrogens with one attached hydrogen (secondary N) is 3. The van der Waals surface area contributed by atoms with Crippen LogP contribution in [0.25, 0.3) is 0 Å². The van der Waals surface area contributed by atoms with Gasteiger partial charge >= 0.3 is 0 Å². The molecular formula is C17H24Cl3N3OS. The smallest absolute Gasteiger partial charge is 0.228 e. The van der Waals surface area contributed by atoms with Gasteiger partial charge in [-0.05, 0) is 37.2 Å². The van der Waals surface area contributed by atoms with E-state index in [1.54, 1.807) is 0 Å². The van der Waals surface area contributed by atoms with E-state index < -0.39 is 9.96 Å². The molecule has 1 amide bonds. The van der Waals surface area contributed by atoms with Crippen molar-refractivity contribution < 1.29 is 4.79 Å². The maximum atomic E-state index is 12.1. The zero-order valence-electron chi connectivity index (χ0n) is 14.4. The van der Waals surface area contributed by atoms with E-state index in [0.29, 0.717) is 6.42 Å². The number of unbranched alkanes of at least 4 members (excludes halogenated alkanes) is 3. The molecule has 4 nitrogen and oxygen atoms in total. The number of para-hydroxylation sites is 1. The molecule has 0 aliphatic rings. The lowest BCUT2D eigenvalue weighted by Crippen LogP contribution is -2.56. The number of carbonyl (C=O) groups excluding carboxylic acids is 1. The van der Waals surface area contributed by atoms with Gasteiger partial charge in [-0.1, -0.05) is 79.2 Å². The third-order valence-electron chi connectivity index (χ3n) is 3.56. The van der Waals surface area contributed by atoms with Crippen molar-refractivity contribution in [3.05, 3.63) is 29.8 Å². The minimum Gasteiger partial charge on any atom is -0.339 e. The SMILES string of the molecule is CCCCCCC(=O)N[C@H](NC(=S)Nc1ccccc1C)C(Cl)(Cl)Cl. The zero-order chi connectivity index (χ0) is 18.9. The van der Waals surface area contributed by atoms with Crippen LogP contribution in [0, 0.1) is 6.92 Å². The molecule has 140 valence electrons. The molecular weight excluding hydrogens is 401 g/mol. The van der Waals surface area contributed by atoms with Crippen molar-refractivity contribution in [1.82, 2.24) is 10.6 Å². The summed E-state index contributed by atoms with van der Waals surface area (Å²) < 4.78 is -1.74. The molecule has 0 bridgehead atoms. The first-order valence-electron chi connectivity index (χ1n) is 8.23. The molecule has 8 heteroatoms. The quantitative estimate of drug-likeness (QED) is 0.236. The molecule has 0 radical (unpaired) electrons. The monoisotopic (exact) mass is 423 g/mol. The van der Waals surface area contributed by atoms with Crippen molar-refractivity contribution in [2.24, 2.45) is 0 Å². The predicted molar refractivity (Wildman–Crippen MR) is 112 cm³/mol. The number of carbonyl (C=O) groups is 1. The van der Waals surface area contributed by atoms with Crippen molar-refractivity contribution >= 4 is 63.7 Å². The van der Waals surface area contributed by atoms with E-state index in [1.165, 1.54) is 0 Å². The zero-order valence-corrected chi connectivity index (χ0v) is 17.5. The average Bonchev–Trinajstić information content (AvgIpc) is 2.52. The van der Waals surface area contributed by atoms with Gasteiger partial charge in [-0.2, -0.15) is 0 Å². The van der Waals surface area contributed by atoms with Crippen molar-refractivity contribution in [3.8, 4) is 0 Å². The van der Waals surface area contributed by atoms with Crippen LogP contribution in [0.4, 0.5) is 5.69 Å². The summed E-state index contributed by atoms with van der Waals surface area (Å²) in [4.78, 5) is 12.1. The molecule has 0 unspecified atom stereocenters. The summed E-state index contributed by atoms with van der Waals surface area (Å²) in [7, 11) is 0. The fourth-order valence-electron chi connectivity index (χ4n) is 2.15. The van der Waals surface area contributed by atoms with Gasteiger partial charge in [0.05, 0.1) is 0 Å². The molecule has 1 aromatic carbocycles. The predicted octanol–water partition coefficient (Wildman–Crippen LogP) is 5.06. The van der Waals surface area contributed by atoms with Crippen LogP contribution in [0.5, 0.6) is 0 Å². The Bertz CT molecular complexity index is 579. The van der Waals surface area contributed by atoms with Crippen LogP contribution in [0.2, 0.25) is 0 Å². The van der Waals surface area contributed by atoms with Gasteiger partial charge in [-0.3, -0.25) is 4.79 Å². The molecule has 0 saturated heterocycles. The maximum Gasteiger partial charge on any atom is 0.228 e. The normalized spacial score (nSPS) is 12.4. The third-order valence-corrected chi connectivity index (χ3v) is 4.43. The number of benzene rings is 1. The fraction of sp³-hybridized carbons (Fsp3) is 0.529. The summed E-state index contributed by atoms with van der Waals surface area (Å²) >= 11 is 23.2. The lowest BCUT2D eigenvalue weighted by Gasteiger charge is -2.28. The van der Waals surface area contributed by atoms with Gasteiger partial charge < -0.3 is 16.0 Å². The van der Waals surface area contributed by atoms with Crippen molar-refractivity contribution in [2.75, 3.05) is 5.32 Å². The highest BCUT2D eigenvalue weighted by molar-refractivity contribution is 7.80. The van der Waals surface area contributed by atoms with Crippen LogP contribution in [0.1, 0.15) is 44.6 Å².